The Kier molecular flexibility index (Phi) is 5.27. The molecule has 21 heavy (non-hydrogen) atoms. The van der Waals surface area contributed by atoms with Crippen molar-refractivity contribution in [1.29, 1.82) is 0 Å². The molecule has 1 saturated carbocycles. The molecule has 1 fully saturated rings. The first-order valence-corrected chi connectivity index (χ1v) is 9.36. The van der Waals surface area contributed by atoms with Crippen LogP contribution in [0, 0.1) is 5.92 Å². The Balaban J connectivity index is 2.04. The third-order valence-corrected chi connectivity index (χ3v) is 6.08. The van der Waals surface area contributed by atoms with Crippen LogP contribution in [-0.2, 0) is 16.3 Å². The number of hydrogen-bond acceptors (Lipinski definition) is 4. The van der Waals surface area contributed by atoms with E-state index in [9.17, 15) is 13.5 Å². The van der Waals surface area contributed by atoms with Gasteiger partial charge in [-0.05, 0) is 36.8 Å². The quantitative estimate of drug-likeness (QED) is 0.905. The number of ether oxygens (including phenoxy) is 1. The number of aliphatic hydroxyl groups is 1. The minimum absolute atomic E-state index is 0.0448. The molecule has 1 aromatic carbocycles. The molecule has 5 heteroatoms. The average Bonchev–Trinajstić information content (AvgIpc) is 2.47. The fourth-order valence-electron chi connectivity index (χ4n) is 3.18. The van der Waals surface area contributed by atoms with Crippen molar-refractivity contribution in [3.05, 3.63) is 29.8 Å². The van der Waals surface area contributed by atoms with Gasteiger partial charge in [-0.2, -0.15) is 0 Å². The van der Waals surface area contributed by atoms with E-state index in [0.717, 1.165) is 30.6 Å². The zero-order valence-corrected chi connectivity index (χ0v) is 13.5. The van der Waals surface area contributed by atoms with E-state index < -0.39 is 15.9 Å². The summed E-state index contributed by atoms with van der Waals surface area (Å²) in [6, 6.07) is 7.64. The lowest BCUT2D eigenvalue weighted by molar-refractivity contribution is 0.0854. The Morgan fingerprint density at radius 3 is 2.71 bits per heavy atom. The lowest BCUT2D eigenvalue weighted by Gasteiger charge is -2.31. The highest BCUT2D eigenvalue weighted by Gasteiger charge is 2.32. The largest absolute Gasteiger partial charge is 0.496 e. The standard InChI is InChI=1S/C16H24O4S/c1-20-16-9-4-3-6-13(16)11-15(17)12-7-5-8-14(10-12)21(2,18)19/h3-4,6,9,12,14-15,17H,5,7-8,10-11H2,1-2H3. The lowest BCUT2D eigenvalue weighted by Crippen LogP contribution is -2.34. The van der Waals surface area contributed by atoms with Crippen molar-refractivity contribution in [3.63, 3.8) is 0 Å². The molecule has 0 bridgehead atoms. The normalized spacial score (nSPS) is 24.5. The number of para-hydroxylation sites is 1. The molecule has 1 aromatic rings. The number of rotatable bonds is 5. The number of hydrogen-bond donors (Lipinski definition) is 1. The van der Waals surface area contributed by atoms with Crippen LogP contribution in [0.2, 0.25) is 0 Å². The summed E-state index contributed by atoms with van der Waals surface area (Å²) in [6.45, 7) is 0. The van der Waals surface area contributed by atoms with E-state index in [4.69, 9.17) is 4.74 Å². The molecule has 1 N–H and O–H groups in total. The molecule has 0 radical (unpaired) electrons. The summed E-state index contributed by atoms with van der Waals surface area (Å²) in [5, 5.41) is 10.2. The van der Waals surface area contributed by atoms with E-state index in [1.165, 1.54) is 6.26 Å². The molecule has 0 aromatic heterocycles. The highest BCUT2D eigenvalue weighted by atomic mass is 32.2. The van der Waals surface area contributed by atoms with Crippen LogP contribution in [0.3, 0.4) is 0 Å². The van der Waals surface area contributed by atoms with Gasteiger partial charge in [0.05, 0.1) is 18.5 Å². The fraction of sp³-hybridized carbons (Fsp3) is 0.625. The van der Waals surface area contributed by atoms with Gasteiger partial charge in [0.2, 0.25) is 0 Å². The van der Waals surface area contributed by atoms with Crippen LogP contribution in [0.5, 0.6) is 5.75 Å². The van der Waals surface area contributed by atoms with Gasteiger partial charge in [-0.15, -0.1) is 0 Å². The van der Waals surface area contributed by atoms with Gasteiger partial charge in [-0.25, -0.2) is 8.42 Å². The Bertz CT molecular complexity index is 567. The van der Waals surface area contributed by atoms with Crippen molar-refractivity contribution in [2.75, 3.05) is 13.4 Å². The summed E-state index contributed by atoms with van der Waals surface area (Å²) < 4.78 is 28.7. The first kappa shape index (κ1) is 16.3. The first-order chi connectivity index (χ1) is 9.91. The van der Waals surface area contributed by atoms with Gasteiger partial charge in [-0.3, -0.25) is 0 Å². The van der Waals surface area contributed by atoms with E-state index in [1.807, 2.05) is 24.3 Å². The van der Waals surface area contributed by atoms with Crippen molar-refractivity contribution >= 4 is 9.84 Å². The monoisotopic (exact) mass is 312 g/mol. The van der Waals surface area contributed by atoms with Crippen LogP contribution in [0.25, 0.3) is 0 Å². The Hall–Kier alpha value is -1.07. The van der Waals surface area contributed by atoms with Crippen molar-refractivity contribution in [3.8, 4) is 5.75 Å². The molecule has 4 nitrogen and oxygen atoms in total. The van der Waals surface area contributed by atoms with Crippen LogP contribution in [0.15, 0.2) is 24.3 Å². The Labute approximate surface area is 127 Å². The van der Waals surface area contributed by atoms with Gasteiger partial charge in [-0.1, -0.05) is 24.6 Å². The highest BCUT2D eigenvalue weighted by Crippen LogP contribution is 2.32. The van der Waals surface area contributed by atoms with Crippen LogP contribution in [0.4, 0.5) is 0 Å². The average molecular weight is 312 g/mol. The Morgan fingerprint density at radius 2 is 2.05 bits per heavy atom. The summed E-state index contributed by atoms with van der Waals surface area (Å²) in [7, 11) is -1.40. The van der Waals surface area contributed by atoms with E-state index in [1.54, 1.807) is 7.11 Å². The number of benzene rings is 1. The van der Waals surface area contributed by atoms with E-state index >= 15 is 0 Å². The van der Waals surface area contributed by atoms with Gasteiger partial charge in [0.25, 0.3) is 0 Å². The van der Waals surface area contributed by atoms with E-state index in [-0.39, 0.29) is 11.2 Å². The van der Waals surface area contributed by atoms with Gasteiger partial charge in [0.1, 0.15) is 15.6 Å². The van der Waals surface area contributed by atoms with Gasteiger partial charge < -0.3 is 9.84 Å². The topological polar surface area (TPSA) is 63.6 Å². The van der Waals surface area contributed by atoms with Gasteiger partial charge in [0.15, 0.2) is 0 Å². The molecule has 0 heterocycles. The molecule has 0 amide bonds. The zero-order chi connectivity index (χ0) is 15.5. The molecule has 3 unspecified atom stereocenters. The van der Waals surface area contributed by atoms with Crippen LogP contribution in [-0.4, -0.2) is 38.2 Å². The molecule has 2 rings (SSSR count). The summed E-state index contributed by atoms with van der Waals surface area (Å²) in [5.74, 6) is 0.815. The first-order valence-electron chi connectivity index (χ1n) is 7.40. The summed E-state index contributed by atoms with van der Waals surface area (Å²) in [6.07, 6.45) is 4.32. The van der Waals surface area contributed by atoms with E-state index in [0.29, 0.717) is 12.8 Å². The van der Waals surface area contributed by atoms with Crippen molar-refractivity contribution in [1.82, 2.24) is 0 Å². The predicted octanol–water partition coefficient (Wildman–Crippen LogP) is 2.20. The van der Waals surface area contributed by atoms with Crippen LogP contribution < -0.4 is 4.74 Å². The second-order valence-corrected chi connectivity index (χ2v) is 8.29. The molecule has 1 aliphatic carbocycles. The van der Waals surface area contributed by atoms with Crippen molar-refractivity contribution in [2.24, 2.45) is 5.92 Å². The molecule has 0 saturated heterocycles. The second kappa shape index (κ2) is 6.79. The third-order valence-electron chi connectivity index (χ3n) is 4.44. The molecular weight excluding hydrogens is 288 g/mol. The van der Waals surface area contributed by atoms with E-state index in [2.05, 4.69) is 0 Å². The molecule has 0 spiro atoms. The number of sulfone groups is 1. The molecule has 0 aliphatic heterocycles. The maximum atomic E-state index is 11.7. The van der Waals surface area contributed by atoms with Gasteiger partial charge >= 0.3 is 0 Å². The van der Waals surface area contributed by atoms with Crippen molar-refractivity contribution < 1.29 is 18.3 Å². The maximum absolute atomic E-state index is 11.7. The fourth-order valence-corrected chi connectivity index (χ4v) is 4.37. The molecule has 1 aliphatic rings. The Morgan fingerprint density at radius 1 is 1.33 bits per heavy atom. The molecule has 118 valence electrons. The summed E-state index contributed by atoms with van der Waals surface area (Å²) in [4.78, 5) is 0. The summed E-state index contributed by atoms with van der Waals surface area (Å²) in [5.41, 5.74) is 0.967. The molecular formula is C16H24O4S. The maximum Gasteiger partial charge on any atom is 0.150 e. The van der Waals surface area contributed by atoms with Crippen molar-refractivity contribution in [2.45, 2.75) is 43.5 Å². The highest BCUT2D eigenvalue weighted by molar-refractivity contribution is 7.91. The minimum Gasteiger partial charge on any atom is -0.496 e. The van der Waals surface area contributed by atoms with Gasteiger partial charge in [0, 0.05) is 12.7 Å². The number of methoxy groups -OCH3 is 1. The SMILES string of the molecule is COc1ccccc1CC(O)C1CCCC(S(C)(=O)=O)C1. The van der Waals surface area contributed by atoms with Crippen LogP contribution in [0.1, 0.15) is 31.2 Å². The lowest BCUT2D eigenvalue weighted by atomic mass is 9.83. The third kappa shape index (κ3) is 4.20. The second-order valence-electron chi connectivity index (χ2n) is 5.96. The smallest absolute Gasteiger partial charge is 0.150 e. The summed E-state index contributed by atoms with van der Waals surface area (Å²) >= 11 is 0. The number of aliphatic hydroxyl groups excluding tert-OH is 1. The van der Waals surface area contributed by atoms with Crippen LogP contribution >= 0.6 is 0 Å². The zero-order valence-electron chi connectivity index (χ0n) is 12.7. The minimum atomic E-state index is -3.01. The molecule has 3 atom stereocenters. The predicted molar refractivity (Wildman–Crippen MR) is 83.3 cm³/mol.